The van der Waals surface area contributed by atoms with E-state index < -0.39 is 0 Å². The molecule has 3 unspecified atom stereocenters. The van der Waals surface area contributed by atoms with Crippen LogP contribution in [0, 0.1) is 12.8 Å². The Kier molecular flexibility index (Phi) is 3.23. The van der Waals surface area contributed by atoms with Crippen molar-refractivity contribution in [1.29, 1.82) is 0 Å². The van der Waals surface area contributed by atoms with Gasteiger partial charge < -0.3 is 16.4 Å². The first-order valence-corrected chi connectivity index (χ1v) is 7.26. The van der Waals surface area contributed by atoms with Crippen LogP contribution in [-0.2, 0) is 0 Å². The predicted molar refractivity (Wildman–Crippen MR) is 77.6 cm³/mol. The van der Waals surface area contributed by atoms with E-state index in [1.807, 2.05) is 6.07 Å². The number of nitrogens with zero attached hydrogens (tertiary/aromatic N) is 2. The molecule has 0 spiro atoms. The number of rotatable bonds is 2. The summed E-state index contributed by atoms with van der Waals surface area (Å²) in [4.78, 5) is 6.76. The van der Waals surface area contributed by atoms with Crippen LogP contribution in [0.15, 0.2) is 12.3 Å². The third-order valence-corrected chi connectivity index (χ3v) is 5.21. The van der Waals surface area contributed by atoms with E-state index in [-0.39, 0.29) is 6.04 Å². The normalized spacial score (nSPS) is 32.5. The highest BCUT2D eigenvalue weighted by Crippen LogP contribution is 2.42. The number of hydrogen-bond acceptors (Lipinski definition) is 4. The molecule has 2 aliphatic heterocycles. The first kappa shape index (κ1) is 12.9. The lowest BCUT2D eigenvalue weighted by Gasteiger charge is -2.39. The van der Waals surface area contributed by atoms with E-state index in [1.165, 1.54) is 31.2 Å². The number of aryl methyl sites for hydroxylation is 1. The lowest BCUT2D eigenvalue weighted by atomic mass is 9.81. The summed E-state index contributed by atoms with van der Waals surface area (Å²) in [6, 6.07) is 3.47. The Labute approximate surface area is 115 Å². The van der Waals surface area contributed by atoms with E-state index in [0.29, 0.717) is 23.8 Å². The lowest BCUT2D eigenvalue weighted by Crippen LogP contribution is -2.43. The summed E-state index contributed by atoms with van der Waals surface area (Å²) in [5, 5.41) is 0. The fourth-order valence-electron chi connectivity index (χ4n) is 4.01. The van der Waals surface area contributed by atoms with Gasteiger partial charge in [0.15, 0.2) is 0 Å². The van der Waals surface area contributed by atoms with Gasteiger partial charge in [-0.1, -0.05) is 0 Å². The predicted octanol–water partition coefficient (Wildman–Crippen LogP) is 1.84. The van der Waals surface area contributed by atoms with Crippen molar-refractivity contribution in [2.24, 2.45) is 11.7 Å². The van der Waals surface area contributed by atoms with Gasteiger partial charge >= 0.3 is 0 Å². The van der Waals surface area contributed by atoms with Gasteiger partial charge in [-0.25, -0.2) is 4.98 Å². The maximum absolute atomic E-state index is 6.53. The quantitative estimate of drug-likeness (QED) is 0.851. The topological polar surface area (TPSA) is 68.2 Å². The fraction of sp³-hybridized carbons (Fsp3) is 0.667. The molecular formula is C15H24N4. The number of hydrogen-bond donors (Lipinski definition) is 2. The van der Waals surface area contributed by atoms with Crippen LogP contribution in [0.3, 0.4) is 0 Å². The van der Waals surface area contributed by atoms with Gasteiger partial charge in [0, 0.05) is 29.9 Å². The molecule has 2 fully saturated rings. The summed E-state index contributed by atoms with van der Waals surface area (Å²) < 4.78 is 0. The highest BCUT2D eigenvalue weighted by atomic mass is 15.2. The van der Waals surface area contributed by atoms with Crippen molar-refractivity contribution in [3.05, 3.63) is 23.4 Å². The number of aromatic nitrogens is 1. The first-order valence-electron chi connectivity index (χ1n) is 7.26. The highest BCUT2D eigenvalue weighted by molar-refractivity contribution is 5.46. The molecule has 2 bridgehead atoms. The van der Waals surface area contributed by atoms with Gasteiger partial charge in [-0.3, -0.25) is 0 Å². The molecule has 0 aromatic carbocycles. The molecule has 2 aliphatic rings. The van der Waals surface area contributed by atoms with Gasteiger partial charge in [0.2, 0.25) is 0 Å². The van der Waals surface area contributed by atoms with Crippen LogP contribution in [0.4, 0.5) is 5.82 Å². The van der Waals surface area contributed by atoms with Crippen molar-refractivity contribution in [2.45, 2.75) is 50.7 Å². The maximum atomic E-state index is 6.53. The van der Waals surface area contributed by atoms with Crippen LogP contribution in [0.1, 0.15) is 42.9 Å². The number of nitrogens with two attached hydrogens (primary N) is 2. The summed E-state index contributed by atoms with van der Waals surface area (Å²) in [7, 11) is 2.26. The molecule has 4 nitrogen and oxygen atoms in total. The molecule has 1 aromatic heterocycles. The van der Waals surface area contributed by atoms with E-state index in [1.54, 1.807) is 6.20 Å². The zero-order valence-corrected chi connectivity index (χ0v) is 11.8. The summed E-state index contributed by atoms with van der Waals surface area (Å²) >= 11 is 0. The highest BCUT2D eigenvalue weighted by Gasteiger charge is 2.41. The average molecular weight is 260 g/mol. The van der Waals surface area contributed by atoms with Crippen molar-refractivity contribution in [2.75, 3.05) is 12.8 Å². The fourth-order valence-corrected chi connectivity index (χ4v) is 4.01. The Hall–Kier alpha value is -1.13. The monoisotopic (exact) mass is 260 g/mol. The van der Waals surface area contributed by atoms with E-state index in [9.17, 15) is 0 Å². The Balaban J connectivity index is 1.83. The molecule has 0 saturated carbocycles. The summed E-state index contributed by atoms with van der Waals surface area (Å²) in [6.07, 6.45) is 6.81. The van der Waals surface area contributed by atoms with Gasteiger partial charge in [-0.2, -0.15) is 0 Å². The third kappa shape index (κ3) is 2.13. The lowest BCUT2D eigenvalue weighted by molar-refractivity contribution is 0.121. The number of anilines is 1. The molecule has 0 amide bonds. The third-order valence-electron chi connectivity index (χ3n) is 5.21. The molecule has 1 aromatic rings. The van der Waals surface area contributed by atoms with Gasteiger partial charge in [-0.15, -0.1) is 0 Å². The van der Waals surface area contributed by atoms with Gasteiger partial charge in [0.05, 0.1) is 0 Å². The Bertz CT molecular complexity index is 439. The van der Waals surface area contributed by atoms with Crippen molar-refractivity contribution in [1.82, 2.24) is 9.88 Å². The summed E-state index contributed by atoms with van der Waals surface area (Å²) in [5.41, 5.74) is 14.8. The number of nitrogen functional groups attached to an aromatic ring is 1. The average Bonchev–Trinajstić information content (AvgIpc) is 2.62. The minimum atomic E-state index is 0.0329. The standard InChI is InChI=1S/C15H24N4/c1-9-5-6-18-15(17)13(9)14(16)10-7-11-3-4-12(8-10)19(11)2/h5-6,10-12,14H,3-4,7-8,16H2,1-2H3,(H2,17,18). The molecule has 0 aliphatic carbocycles. The van der Waals surface area contributed by atoms with Crippen LogP contribution < -0.4 is 11.5 Å². The van der Waals surface area contributed by atoms with Crippen LogP contribution >= 0.6 is 0 Å². The molecule has 19 heavy (non-hydrogen) atoms. The SMILES string of the molecule is Cc1ccnc(N)c1C(N)C1CC2CCC(C1)N2C. The molecule has 2 saturated heterocycles. The Morgan fingerprint density at radius 2 is 1.95 bits per heavy atom. The zero-order valence-electron chi connectivity index (χ0n) is 11.8. The van der Waals surface area contributed by atoms with Crippen LogP contribution in [0.2, 0.25) is 0 Å². The minimum Gasteiger partial charge on any atom is -0.383 e. The second-order valence-electron chi connectivity index (χ2n) is 6.23. The van der Waals surface area contributed by atoms with Crippen molar-refractivity contribution < 1.29 is 0 Å². The summed E-state index contributed by atoms with van der Waals surface area (Å²) in [6.45, 7) is 2.08. The largest absolute Gasteiger partial charge is 0.383 e. The zero-order chi connectivity index (χ0) is 13.6. The van der Waals surface area contributed by atoms with Crippen molar-refractivity contribution in [3.8, 4) is 0 Å². The molecule has 0 radical (unpaired) electrons. The van der Waals surface area contributed by atoms with Gasteiger partial charge in [-0.05, 0) is 57.2 Å². The molecule has 3 heterocycles. The molecule has 3 rings (SSSR count). The maximum Gasteiger partial charge on any atom is 0.128 e. The number of fused-ring (bicyclic) bond motifs is 2. The van der Waals surface area contributed by atoms with Crippen LogP contribution in [0.5, 0.6) is 0 Å². The van der Waals surface area contributed by atoms with Gasteiger partial charge in [0.1, 0.15) is 5.82 Å². The van der Waals surface area contributed by atoms with E-state index in [0.717, 1.165) is 5.56 Å². The van der Waals surface area contributed by atoms with Crippen LogP contribution in [-0.4, -0.2) is 29.0 Å². The Morgan fingerprint density at radius 1 is 1.32 bits per heavy atom. The van der Waals surface area contributed by atoms with Crippen LogP contribution in [0.25, 0.3) is 0 Å². The first-order chi connectivity index (χ1) is 9.08. The van der Waals surface area contributed by atoms with Crippen molar-refractivity contribution >= 4 is 5.82 Å². The molecule has 4 heteroatoms. The minimum absolute atomic E-state index is 0.0329. The second-order valence-corrected chi connectivity index (χ2v) is 6.23. The molecule has 4 N–H and O–H groups in total. The van der Waals surface area contributed by atoms with E-state index in [4.69, 9.17) is 11.5 Å². The molecule has 104 valence electrons. The van der Waals surface area contributed by atoms with E-state index in [2.05, 4.69) is 23.9 Å². The van der Waals surface area contributed by atoms with Crippen molar-refractivity contribution in [3.63, 3.8) is 0 Å². The second kappa shape index (κ2) is 4.76. The molecular weight excluding hydrogens is 236 g/mol. The summed E-state index contributed by atoms with van der Waals surface area (Å²) in [5.74, 6) is 1.15. The van der Waals surface area contributed by atoms with E-state index >= 15 is 0 Å². The number of pyridine rings is 1. The Morgan fingerprint density at radius 3 is 2.53 bits per heavy atom. The number of piperidine rings is 1. The smallest absolute Gasteiger partial charge is 0.128 e. The molecule has 3 atom stereocenters. The van der Waals surface area contributed by atoms with Gasteiger partial charge in [0.25, 0.3) is 0 Å².